The molecule has 0 aliphatic carbocycles. The maximum Gasteiger partial charge on any atom is 0.245 e. The van der Waals surface area contributed by atoms with Crippen molar-refractivity contribution in [2.45, 2.75) is 20.4 Å². The fourth-order valence-electron chi connectivity index (χ4n) is 1.98. The minimum Gasteiger partial charge on any atom is -0.492 e. The first kappa shape index (κ1) is 14.7. The molecular weight excluding hydrogens is 276 g/mol. The van der Waals surface area contributed by atoms with Gasteiger partial charge in [-0.3, -0.25) is 4.79 Å². The van der Waals surface area contributed by atoms with E-state index in [0.717, 1.165) is 16.0 Å². The number of ether oxygens (including phenoxy) is 2. The summed E-state index contributed by atoms with van der Waals surface area (Å²) in [5.41, 5.74) is 0.969. The van der Waals surface area contributed by atoms with Crippen LogP contribution in [0.1, 0.15) is 13.8 Å². The Hall–Kier alpha value is -1.66. The highest BCUT2D eigenvalue weighted by molar-refractivity contribution is 7.16. The molecule has 108 valence electrons. The van der Waals surface area contributed by atoms with Crippen LogP contribution in [-0.2, 0) is 16.1 Å². The highest BCUT2D eigenvalue weighted by atomic mass is 32.1. The van der Waals surface area contributed by atoms with E-state index in [1.165, 1.54) is 18.3 Å². The van der Waals surface area contributed by atoms with Crippen molar-refractivity contribution in [1.29, 1.82) is 0 Å². The van der Waals surface area contributed by atoms with Crippen molar-refractivity contribution in [1.82, 2.24) is 4.57 Å². The third-order valence-electron chi connectivity index (χ3n) is 2.74. The number of hydrogen-bond acceptors (Lipinski definition) is 4. The lowest BCUT2D eigenvalue weighted by Crippen LogP contribution is -2.19. The molecule has 0 fully saturated rings. The first-order valence-electron chi connectivity index (χ1n) is 6.46. The van der Waals surface area contributed by atoms with E-state index in [-0.39, 0.29) is 5.91 Å². The van der Waals surface area contributed by atoms with Crippen molar-refractivity contribution in [2.24, 2.45) is 4.99 Å². The Kier molecular flexibility index (Phi) is 4.92. The number of nitrogens with zero attached hydrogens (tertiary/aromatic N) is 2. The summed E-state index contributed by atoms with van der Waals surface area (Å²) in [6.07, 6.45) is 0. The molecule has 20 heavy (non-hydrogen) atoms. The molecule has 2 rings (SSSR count). The van der Waals surface area contributed by atoms with Gasteiger partial charge in [0, 0.05) is 20.6 Å². The SMILES string of the molecule is CCOc1cccc2sc(=NC(C)=O)n(CCOC)c12. The Morgan fingerprint density at radius 3 is 2.90 bits per heavy atom. The van der Waals surface area contributed by atoms with E-state index in [4.69, 9.17) is 9.47 Å². The molecule has 0 bridgehead atoms. The number of fused-ring (bicyclic) bond motifs is 1. The summed E-state index contributed by atoms with van der Waals surface area (Å²) >= 11 is 1.48. The normalized spacial score (nSPS) is 12.1. The van der Waals surface area contributed by atoms with Crippen LogP contribution in [0.25, 0.3) is 10.2 Å². The molecule has 2 aromatic rings. The van der Waals surface area contributed by atoms with Crippen molar-refractivity contribution < 1.29 is 14.3 Å². The predicted molar refractivity (Wildman–Crippen MR) is 79.1 cm³/mol. The zero-order valence-electron chi connectivity index (χ0n) is 11.9. The number of amides is 1. The summed E-state index contributed by atoms with van der Waals surface area (Å²) in [6.45, 7) is 5.18. The highest BCUT2D eigenvalue weighted by Crippen LogP contribution is 2.27. The first-order valence-corrected chi connectivity index (χ1v) is 7.28. The zero-order valence-corrected chi connectivity index (χ0v) is 12.7. The Balaban J connectivity index is 2.68. The molecule has 1 aromatic heterocycles. The summed E-state index contributed by atoms with van der Waals surface area (Å²) in [6, 6.07) is 5.88. The van der Waals surface area contributed by atoms with Crippen LogP contribution >= 0.6 is 11.3 Å². The summed E-state index contributed by atoms with van der Waals surface area (Å²) in [4.78, 5) is 16.1. The average molecular weight is 294 g/mol. The predicted octanol–water partition coefficient (Wildman–Crippen LogP) is 2.20. The molecule has 0 N–H and O–H groups in total. The van der Waals surface area contributed by atoms with Crippen LogP contribution in [0.3, 0.4) is 0 Å². The molecule has 0 spiro atoms. The molecule has 6 heteroatoms. The van der Waals surface area contributed by atoms with Crippen LogP contribution < -0.4 is 9.54 Å². The number of aromatic nitrogens is 1. The van der Waals surface area contributed by atoms with Crippen LogP contribution in [0.5, 0.6) is 5.75 Å². The van der Waals surface area contributed by atoms with Crippen molar-refractivity contribution in [3.8, 4) is 5.75 Å². The van der Waals surface area contributed by atoms with Gasteiger partial charge in [-0.2, -0.15) is 4.99 Å². The van der Waals surface area contributed by atoms with E-state index in [2.05, 4.69) is 4.99 Å². The number of benzene rings is 1. The van der Waals surface area contributed by atoms with E-state index in [1.54, 1.807) is 7.11 Å². The maximum atomic E-state index is 11.3. The lowest BCUT2D eigenvalue weighted by Gasteiger charge is -2.09. The van der Waals surface area contributed by atoms with Crippen molar-refractivity contribution >= 4 is 27.5 Å². The Morgan fingerprint density at radius 1 is 1.45 bits per heavy atom. The van der Waals surface area contributed by atoms with E-state index in [0.29, 0.717) is 24.6 Å². The molecule has 0 radical (unpaired) electrons. The summed E-state index contributed by atoms with van der Waals surface area (Å²) in [7, 11) is 1.65. The minimum atomic E-state index is -0.208. The standard InChI is InChI=1S/C14H18N2O3S/c1-4-19-11-6-5-7-12-13(11)16(8-9-18-3)14(20-12)15-10(2)17/h5-7H,4,8-9H2,1-3H3. The highest BCUT2D eigenvalue weighted by Gasteiger charge is 2.11. The van der Waals surface area contributed by atoms with E-state index >= 15 is 0 Å². The summed E-state index contributed by atoms with van der Waals surface area (Å²) < 4.78 is 13.8. The molecule has 0 atom stereocenters. The third-order valence-corrected chi connectivity index (χ3v) is 3.78. The molecule has 1 heterocycles. The van der Waals surface area contributed by atoms with E-state index in [9.17, 15) is 4.79 Å². The summed E-state index contributed by atoms with van der Waals surface area (Å²) in [5.74, 6) is 0.600. The molecule has 0 saturated carbocycles. The number of rotatable bonds is 5. The number of methoxy groups -OCH3 is 1. The minimum absolute atomic E-state index is 0.208. The van der Waals surface area contributed by atoms with Crippen LogP contribution in [0.15, 0.2) is 23.2 Å². The largest absolute Gasteiger partial charge is 0.492 e. The Morgan fingerprint density at radius 2 is 2.25 bits per heavy atom. The zero-order chi connectivity index (χ0) is 14.5. The molecule has 5 nitrogen and oxygen atoms in total. The van der Waals surface area contributed by atoms with Gasteiger partial charge in [0.25, 0.3) is 0 Å². The van der Waals surface area contributed by atoms with E-state index < -0.39 is 0 Å². The molecule has 1 amide bonds. The van der Waals surface area contributed by atoms with Crippen LogP contribution in [-0.4, -0.2) is 30.8 Å². The molecular formula is C14H18N2O3S. The third kappa shape index (κ3) is 3.08. The lowest BCUT2D eigenvalue weighted by molar-refractivity contribution is -0.116. The average Bonchev–Trinajstić information content (AvgIpc) is 2.74. The van der Waals surface area contributed by atoms with Crippen molar-refractivity contribution in [3.05, 3.63) is 23.0 Å². The van der Waals surface area contributed by atoms with Crippen LogP contribution in [0.4, 0.5) is 0 Å². The van der Waals surface area contributed by atoms with Gasteiger partial charge in [-0.1, -0.05) is 17.4 Å². The van der Waals surface area contributed by atoms with Gasteiger partial charge in [0.15, 0.2) is 4.80 Å². The van der Waals surface area contributed by atoms with Gasteiger partial charge in [0.1, 0.15) is 11.3 Å². The molecule has 0 aliphatic rings. The second-order valence-electron chi connectivity index (χ2n) is 4.20. The number of carbonyl (C=O) groups is 1. The van der Waals surface area contributed by atoms with Crippen molar-refractivity contribution in [3.63, 3.8) is 0 Å². The summed E-state index contributed by atoms with van der Waals surface area (Å²) in [5, 5.41) is 0. The molecule has 0 unspecified atom stereocenters. The maximum absolute atomic E-state index is 11.3. The van der Waals surface area contributed by atoms with Gasteiger partial charge in [-0.25, -0.2) is 0 Å². The number of para-hydroxylation sites is 1. The van der Waals surface area contributed by atoms with Crippen LogP contribution in [0, 0.1) is 0 Å². The first-order chi connectivity index (χ1) is 9.67. The second kappa shape index (κ2) is 6.67. The number of thiazole rings is 1. The quantitative estimate of drug-likeness (QED) is 0.849. The lowest BCUT2D eigenvalue weighted by atomic mass is 10.3. The van der Waals surface area contributed by atoms with Gasteiger partial charge in [-0.15, -0.1) is 0 Å². The monoisotopic (exact) mass is 294 g/mol. The second-order valence-corrected chi connectivity index (χ2v) is 5.20. The Bertz CT molecular complexity index is 673. The number of carbonyl (C=O) groups excluding carboxylic acids is 1. The molecule has 0 saturated heterocycles. The fourth-order valence-corrected chi connectivity index (χ4v) is 3.10. The van der Waals surface area contributed by atoms with Gasteiger partial charge in [-0.05, 0) is 19.1 Å². The molecule has 1 aromatic carbocycles. The van der Waals surface area contributed by atoms with E-state index in [1.807, 2.05) is 29.7 Å². The van der Waals surface area contributed by atoms with Gasteiger partial charge >= 0.3 is 0 Å². The number of hydrogen-bond donors (Lipinski definition) is 0. The van der Waals surface area contributed by atoms with Crippen molar-refractivity contribution in [2.75, 3.05) is 20.3 Å². The van der Waals surface area contributed by atoms with Gasteiger partial charge in [0.05, 0.1) is 17.9 Å². The van der Waals surface area contributed by atoms with Gasteiger partial charge in [0.2, 0.25) is 5.91 Å². The smallest absolute Gasteiger partial charge is 0.245 e. The molecule has 0 aliphatic heterocycles. The fraction of sp³-hybridized carbons (Fsp3) is 0.429. The van der Waals surface area contributed by atoms with Gasteiger partial charge < -0.3 is 14.0 Å². The Labute approximate surface area is 121 Å². The topological polar surface area (TPSA) is 52.8 Å². The van der Waals surface area contributed by atoms with Crippen LogP contribution in [0.2, 0.25) is 0 Å².